The largest absolute Gasteiger partial charge is 0.386 e. The van der Waals surface area contributed by atoms with Crippen LogP contribution in [0.3, 0.4) is 0 Å². The fourth-order valence-corrected chi connectivity index (χ4v) is 5.15. The topological polar surface area (TPSA) is 20.2 Å². The minimum absolute atomic E-state index is 0.344. The molecule has 0 amide bonds. The second-order valence-corrected chi connectivity index (χ2v) is 8.44. The SMILES string of the molecule is C=CC(C)(O)CCC1C(=C)CCC2(C)C(C)CCCC12C. The van der Waals surface area contributed by atoms with Crippen molar-refractivity contribution < 1.29 is 5.11 Å². The summed E-state index contributed by atoms with van der Waals surface area (Å²) in [6, 6.07) is 0. The first-order valence-corrected chi connectivity index (χ1v) is 8.70. The molecule has 0 radical (unpaired) electrons. The molecule has 0 heterocycles. The van der Waals surface area contributed by atoms with Gasteiger partial charge in [-0.15, -0.1) is 6.58 Å². The van der Waals surface area contributed by atoms with Crippen molar-refractivity contribution in [1.82, 2.24) is 0 Å². The zero-order chi connectivity index (χ0) is 15.9. The van der Waals surface area contributed by atoms with Crippen LogP contribution in [0, 0.1) is 22.7 Å². The van der Waals surface area contributed by atoms with E-state index in [-0.39, 0.29) is 0 Å². The van der Waals surface area contributed by atoms with Crippen LogP contribution < -0.4 is 0 Å². The molecule has 0 aromatic heterocycles. The van der Waals surface area contributed by atoms with Crippen LogP contribution in [0.25, 0.3) is 0 Å². The van der Waals surface area contributed by atoms with Crippen molar-refractivity contribution in [2.75, 3.05) is 0 Å². The Bertz CT molecular complexity index is 422. The minimum Gasteiger partial charge on any atom is -0.386 e. The molecule has 0 saturated heterocycles. The Morgan fingerprint density at radius 3 is 2.62 bits per heavy atom. The third kappa shape index (κ3) is 2.74. The third-order valence-electron chi connectivity index (χ3n) is 7.33. The molecule has 0 aromatic rings. The van der Waals surface area contributed by atoms with E-state index in [9.17, 15) is 5.11 Å². The first-order valence-electron chi connectivity index (χ1n) is 8.70. The lowest BCUT2D eigenvalue weighted by molar-refractivity contribution is -0.0930. The van der Waals surface area contributed by atoms with Crippen LogP contribution in [-0.4, -0.2) is 10.7 Å². The summed E-state index contributed by atoms with van der Waals surface area (Å²) < 4.78 is 0. The Kier molecular flexibility index (Phi) is 4.46. The van der Waals surface area contributed by atoms with Gasteiger partial charge in [-0.3, -0.25) is 0 Å². The van der Waals surface area contributed by atoms with Gasteiger partial charge in [0.05, 0.1) is 5.60 Å². The van der Waals surface area contributed by atoms with Crippen LogP contribution in [0.1, 0.15) is 72.6 Å². The molecule has 120 valence electrons. The summed E-state index contributed by atoms with van der Waals surface area (Å²) in [6.45, 7) is 17.5. The fraction of sp³-hybridized carbons (Fsp3) is 0.800. The highest BCUT2D eigenvalue weighted by Gasteiger charge is 2.56. The Morgan fingerprint density at radius 1 is 1.33 bits per heavy atom. The summed E-state index contributed by atoms with van der Waals surface area (Å²) in [5.74, 6) is 1.34. The van der Waals surface area contributed by atoms with Crippen LogP contribution in [0.5, 0.6) is 0 Å². The van der Waals surface area contributed by atoms with Gasteiger partial charge in [-0.2, -0.15) is 0 Å². The maximum absolute atomic E-state index is 10.3. The molecular formula is C20H34O. The van der Waals surface area contributed by atoms with Gasteiger partial charge in [0.15, 0.2) is 0 Å². The van der Waals surface area contributed by atoms with E-state index in [1.165, 1.54) is 31.3 Å². The molecular weight excluding hydrogens is 256 g/mol. The van der Waals surface area contributed by atoms with Crippen molar-refractivity contribution in [3.05, 3.63) is 24.8 Å². The van der Waals surface area contributed by atoms with Crippen molar-refractivity contribution in [3.8, 4) is 0 Å². The van der Waals surface area contributed by atoms with Gasteiger partial charge < -0.3 is 5.11 Å². The first kappa shape index (κ1) is 16.8. The average molecular weight is 290 g/mol. The molecule has 0 aliphatic heterocycles. The van der Waals surface area contributed by atoms with E-state index in [2.05, 4.69) is 33.9 Å². The summed E-state index contributed by atoms with van der Waals surface area (Å²) in [7, 11) is 0. The number of rotatable bonds is 4. The third-order valence-corrected chi connectivity index (χ3v) is 7.33. The van der Waals surface area contributed by atoms with E-state index in [1.807, 2.05) is 6.92 Å². The summed E-state index contributed by atoms with van der Waals surface area (Å²) in [5.41, 5.74) is 1.45. The van der Waals surface area contributed by atoms with Gasteiger partial charge in [-0.25, -0.2) is 0 Å². The summed E-state index contributed by atoms with van der Waals surface area (Å²) in [4.78, 5) is 0. The van der Waals surface area contributed by atoms with Gasteiger partial charge in [0.2, 0.25) is 0 Å². The van der Waals surface area contributed by atoms with E-state index in [0.717, 1.165) is 25.2 Å². The normalized spacial score (nSPS) is 43.0. The van der Waals surface area contributed by atoms with Crippen LogP contribution in [0.4, 0.5) is 0 Å². The Labute approximate surface area is 131 Å². The van der Waals surface area contributed by atoms with Crippen LogP contribution >= 0.6 is 0 Å². The average Bonchev–Trinajstić information content (AvgIpc) is 2.42. The van der Waals surface area contributed by atoms with Crippen LogP contribution in [0.15, 0.2) is 24.8 Å². The molecule has 5 atom stereocenters. The molecule has 2 aliphatic rings. The van der Waals surface area contributed by atoms with E-state index in [0.29, 0.717) is 16.7 Å². The summed E-state index contributed by atoms with van der Waals surface area (Å²) in [5, 5.41) is 10.3. The summed E-state index contributed by atoms with van der Waals surface area (Å²) >= 11 is 0. The number of hydrogen-bond acceptors (Lipinski definition) is 1. The molecule has 0 aromatic carbocycles. The minimum atomic E-state index is -0.745. The molecule has 5 unspecified atom stereocenters. The second-order valence-electron chi connectivity index (χ2n) is 8.44. The van der Waals surface area contributed by atoms with Crippen molar-refractivity contribution >= 4 is 0 Å². The van der Waals surface area contributed by atoms with E-state index < -0.39 is 5.60 Å². The molecule has 1 N–H and O–H groups in total. The molecule has 0 spiro atoms. The maximum atomic E-state index is 10.3. The summed E-state index contributed by atoms with van der Waals surface area (Å²) in [6.07, 6.45) is 9.99. The first-order chi connectivity index (χ1) is 9.66. The second kappa shape index (κ2) is 5.57. The van der Waals surface area contributed by atoms with Gasteiger partial charge in [-0.05, 0) is 61.7 Å². The molecule has 21 heavy (non-hydrogen) atoms. The molecule has 1 heteroatoms. The molecule has 0 bridgehead atoms. The van der Waals surface area contributed by atoms with Crippen molar-refractivity contribution in [1.29, 1.82) is 0 Å². The lowest BCUT2D eigenvalue weighted by atomic mass is 9.43. The van der Waals surface area contributed by atoms with E-state index >= 15 is 0 Å². The highest BCUT2D eigenvalue weighted by atomic mass is 16.3. The number of fused-ring (bicyclic) bond motifs is 1. The molecule has 2 fully saturated rings. The smallest absolute Gasteiger partial charge is 0.0797 e. The monoisotopic (exact) mass is 290 g/mol. The van der Waals surface area contributed by atoms with Gasteiger partial charge in [-0.1, -0.05) is 51.8 Å². The molecule has 2 rings (SSSR count). The van der Waals surface area contributed by atoms with Crippen molar-refractivity contribution in [3.63, 3.8) is 0 Å². The van der Waals surface area contributed by atoms with E-state index in [1.54, 1.807) is 6.08 Å². The maximum Gasteiger partial charge on any atom is 0.0797 e. The molecule has 2 aliphatic carbocycles. The predicted octanol–water partition coefficient (Wildman–Crippen LogP) is 5.50. The van der Waals surface area contributed by atoms with Crippen molar-refractivity contribution in [2.24, 2.45) is 22.7 Å². The zero-order valence-corrected chi connectivity index (χ0v) is 14.5. The van der Waals surface area contributed by atoms with Gasteiger partial charge >= 0.3 is 0 Å². The van der Waals surface area contributed by atoms with Gasteiger partial charge in [0.1, 0.15) is 0 Å². The number of allylic oxidation sites excluding steroid dienone is 1. The lowest BCUT2D eigenvalue weighted by Gasteiger charge is -2.61. The molecule has 1 nitrogen and oxygen atoms in total. The molecule has 2 saturated carbocycles. The number of hydrogen-bond donors (Lipinski definition) is 1. The Balaban J connectivity index is 2.25. The number of aliphatic hydroxyl groups is 1. The van der Waals surface area contributed by atoms with Crippen molar-refractivity contribution in [2.45, 2.75) is 78.2 Å². The van der Waals surface area contributed by atoms with Crippen LogP contribution in [0.2, 0.25) is 0 Å². The van der Waals surface area contributed by atoms with Crippen LogP contribution in [-0.2, 0) is 0 Å². The quantitative estimate of drug-likeness (QED) is 0.678. The standard InChI is InChI=1S/C20H34O/c1-7-18(4,21)13-11-17-15(2)10-14-19(5)16(3)9-8-12-20(17,19)6/h7,16-17,21H,1-2,8-14H2,3-6H3. The lowest BCUT2D eigenvalue weighted by Crippen LogP contribution is -2.53. The Morgan fingerprint density at radius 2 is 2.00 bits per heavy atom. The highest BCUT2D eigenvalue weighted by molar-refractivity contribution is 5.18. The van der Waals surface area contributed by atoms with Gasteiger partial charge in [0.25, 0.3) is 0 Å². The Hall–Kier alpha value is -0.560. The highest BCUT2D eigenvalue weighted by Crippen LogP contribution is 2.65. The fourth-order valence-electron chi connectivity index (χ4n) is 5.15. The van der Waals surface area contributed by atoms with Gasteiger partial charge in [0, 0.05) is 0 Å². The predicted molar refractivity (Wildman–Crippen MR) is 91.1 cm³/mol. The zero-order valence-electron chi connectivity index (χ0n) is 14.5. The van der Waals surface area contributed by atoms with E-state index in [4.69, 9.17) is 0 Å².